The molecule has 1 aromatic rings. The lowest BCUT2D eigenvalue weighted by molar-refractivity contribution is 0.414. The molecule has 6 heteroatoms. The van der Waals surface area contributed by atoms with Crippen LogP contribution in [0.25, 0.3) is 0 Å². The topological polar surface area (TPSA) is 56.3 Å². The van der Waals surface area contributed by atoms with Gasteiger partial charge in [-0.15, -0.1) is 0 Å². The monoisotopic (exact) mass is 262 g/mol. The fourth-order valence-electron chi connectivity index (χ4n) is 2.75. The van der Waals surface area contributed by atoms with Crippen molar-refractivity contribution in [2.45, 2.75) is 12.5 Å². The summed E-state index contributed by atoms with van der Waals surface area (Å²) in [5.41, 5.74) is 0. The van der Waals surface area contributed by atoms with Crippen LogP contribution in [-0.4, -0.2) is 67.2 Å². The Morgan fingerprint density at radius 2 is 2.11 bits per heavy atom. The quantitative estimate of drug-likeness (QED) is 0.800. The number of likely N-dealkylation sites (N-methyl/N-ethyl adjacent to an activating group) is 1. The van der Waals surface area contributed by atoms with Crippen LogP contribution in [0.2, 0.25) is 0 Å². The van der Waals surface area contributed by atoms with Crippen molar-refractivity contribution in [1.29, 1.82) is 0 Å². The third-order valence-electron chi connectivity index (χ3n) is 3.84. The molecule has 1 atom stereocenters. The van der Waals surface area contributed by atoms with Gasteiger partial charge in [-0.1, -0.05) is 0 Å². The number of aromatic nitrogens is 2. The average Bonchev–Trinajstić information content (AvgIpc) is 2.85. The van der Waals surface area contributed by atoms with Crippen molar-refractivity contribution < 1.29 is 0 Å². The second-order valence-electron chi connectivity index (χ2n) is 5.39. The molecule has 104 valence electrons. The maximum absolute atomic E-state index is 4.39. The number of nitrogens with zero attached hydrogens (tertiary/aromatic N) is 4. The van der Waals surface area contributed by atoms with Gasteiger partial charge in [0.05, 0.1) is 0 Å². The summed E-state index contributed by atoms with van der Waals surface area (Å²) in [4.78, 5) is 13.4. The first kappa shape index (κ1) is 12.6. The maximum Gasteiger partial charge on any atom is 0.134 e. The molecule has 2 saturated heterocycles. The Hall–Kier alpha value is -1.40. The molecule has 3 rings (SSSR count). The summed E-state index contributed by atoms with van der Waals surface area (Å²) in [6, 6.07) is 2.58. The second-order valence-corrected chi connectivity index (χ2v) is 5.39. The van der Waals surface area contributed by atoms with Crippen LogP contribution < -0.4 is 15.5 Å². The first-order chi connectivity index (χ1) is 9.31. The van der Waals surface area contributed by atoms with Gasteiger partial charge in [-0.05, 0) is 20.0 Å². The van der Waals surface area contributed by atoms with E-state index in [0.717, 1.165) is 50.9 Å². The molecule has 1 aromatic heterocycles. The van der Waals surface area contributed by atoms with Gasteiger partial charge in [-0.25, -0.2) is 9.97 Å². The van der Waals surface area contributed by atoms with Gasteiger partial charge in [0.15, 0.2) is 0 Å². The van der Waals surface area contributed by atoms with E-state index in [1.807, 2.05) is 0 Å². The lowest BCUT2D eigenvalue weighted by Gasteiger charge is -2.28. The third kappa shape index (κ3) is 3.13. The van der Waals surface area contributed by atoms with Crippen LogP contribution in [0, 0.1) is 0 Å². The van der Waals surface area contributed by atoms with Crippen molar-refractivity contribution in [2.24, 2.45) is 0 Å². The van der Waals surface area contributed by atoms with Gasteiger partial charge in [-0.3, -0.25) is 0 Å². The van der Waals surface area contributed by atoms with Crippen LogP contribution in [-0.2, 0) is 0 Å². The Morgan fingerprint density at radius 3 is 2.84 bits per heavy atom. The van der Waals surface area contributed by atoms with E-state index in [1.54, 1.807) is 6.33 Å². The number of nitrogens with one attached hydrogen (secondary N) is 2. The number of likely N-dealkylation sites (tertiary alicyclic amines) is 1. The molecule has 2 aliphatic rings. The summed E-state index contributed by atoms with van der Waals surface area (Å²) < 4.78 is 0. The molecule has 19 heavy (non-hydrogen) atoms. The molecule has 0 bridgehead atoms. The van der Waals surface area contributed by atoms with E-state index in [0.29, 0.717) is 6.04 Å². The Morgan fingerprint density at radius 1 is 1.26 bits per heavy atom. The molecule has 0 saturated carbocycles. The van der Waals surface area contributed by atoms with E-state index in [9.17, 15) is 0 Å². The van der Waals surface area contributed by atoms with Crippen molar-refractivity contribution in [1.82, 2.24) is 20.2 Å². The molecule has 0 amide bonds. The van der Waals surface area contributed by atoms with Gasteiger partial charge >= 0.3 is 0 Å². The summed E-state index contributed by atoms with van der Waals surface area (Å²) in [6.07, 6.45) is 2.85. The van der Waals surface area contributed by atoms with E-state index in [1.165, 1.54) is 6.42 Å². The Kier molecular flexibility index (Phi) is 3.79. The van der Waals surface area contributed by atoms with Crippen molar-refractivity contribution >= 4 is 11.6 Å². The highest BCUT2D eigenvalue weighted by Crippen LogP contribution is 2.17. The third-order valence-corrected chi connectivity index (χ3v) is 3.84. The minimum atomic E-state index is 0.510. The van der Waals surface area contributed by atoms with Gasteiger partial charge in [0, 0.05) is 44.8 Å². The molecule has 6 nitrogen and oxygen atoms in total. The van der Waals surface area contributed by atoms with E-state index < -0.39 is 0 Å². The predicted molar refractivity (Wildman–Crippen MR) is 76.6 cm³/mol. The molecule has 0 radical (unpaired) electrons. The standard InChI is InChI=1S/C13H22N6/c1-18-5-2-11(9-18)17-12-8-13(16-10-15-12)19-6-3-14-4-7-19/h8,10-11,14H,2-7,9H2,1H3,(H,15,16,17). The average molecular weight is 262 g/mol. The fraction of sp³-hybridized carbons (Fsp3) is 0.692. The molecular formula is C13H22N6. The molecule has 2 aliphatic heterocycles. The van der Waals surface area contributed by atoms with Crippen molar-refractivity contribution in [3.63, 3.8) is 0 Å². The molecular weight excluding hydrogens is 240 g/mol. The van der Waals surface area contributed by atoms with Crippen molar-refractivity contribution in [3.8, 4) is 0 Å². The number of hydrogen-bond acceptors (Lipinski definition) is 6. The summed E-state index contributed by atoms with van der Waals surface area (Å²) in [7, 11) is 2.16. The largest absolute Gasteiger partial charge is 0.366 e. The number of anilines is 2. The van der Waals surface area contributed by atoms with E-state index >= 15 is 0 Å². The van der Waals surface area contributed by atoms with Gasteiger partial charge in [0.25, 0.3) is 0 Å². The zero-order valence-electron chi connectivity index (χ0n) is 11.5. The van der Waals surface area contributed by atoms with Gasteiger partial charge in [0.1, 0.15) is 18.0 Å². The van der Waals surface area contributed by atoms with Gasteiger partial charge < -0.3 is 20.4 Å². The van der Waals surface area contributed by atoms with Crippen LogP contribution in [0.4, 0.5) is 11.6 Å². The Balaban J connectivity index is 1.65. The lowest BCUT2D eigenvalue weighted by atomic mass is 10.2. The predicted octanol–water partition coefficient (Wildman–Crippen LogP) is 0.00220. The molecule has 0 spiro atoms. The first-order valence-electron chi connectivity index (χ1n) is 7.04. The SMILES string of the molecule is CN1CCC(Nc2cc(N3CCNCC3)ncn2)C1. The molecule has 3 heterocycles. The zero-order valence-corrected chi connectivity index (χ0v) is 11.5. The summed E-state index contributed by atoms with van der Waals surface area (Å²) in [6.45, 7) is 6.34. The summed E-state index contributed by atoms with van der Waals surface area (Å²) >= 11 is 0. The number of piperazine rings is 1. The fourth-order valence-corrected chi connectivity index (χ4v) is 2.75. The molecule has 0 aromatic carbocycles. The van der Waals surface area contributed by atoms with E-state index in [2.05, 4.69) is 43.5 Å². The first-order valence-corrected chi connectivity index (χ1v) is 7.04. The normalized spacial score (nSPS) is 24.7. The summed E-state index contributed by atoms with van der Waals surface area (Å²) in [5, 5.41) is 6.87. The molecule has 0 aliphatic carbocycles. The van der Waals surface area contributed by atoms with Crippen LogP contribution in [0.1, 0.15) is 6.42 Å². The maximum atomic E-state index is 4.39. The highest BCUT2D eigenvalue weighted by molar-refractivity contribution is 5.49. The van der Waals surface area contributed by atoms with Gasteiger partial charge in [0.2, 0.25) is 0 Å². The molecule has 2 fully saturated rings. The zero-order chi connectivity index (χ0) is 13.1. The minimum Gasteiger partial charge on any atom is -0.366 e. The number of rotatable bonds is 3. The summed E-state index contributed by atoms with van der Waals surface area (Å²) in [5.74, 6) is 1.98. The lowest BCUT2D eigenvalue weighted by Crippen LogP contribution is -2.43. The van der Waals surface area contributed by atoms with Crippen LogP contribution in [0.3, 0.4) is 0 Å². The highest BCUT2D eigenvalue weighted by atomic mass is 15.2. The van der Waals surface area contributed by atoms with Crippen molar-refractivity contribution in [3.05, 3.63) is 12.4 Å². The molecule has 1 unspecified atom stereocenters. The van der Waals surface area contributed by atoms with E-state index in [4.69, 9.17) is 0 Å². The number of hydrogen-bond donors (Lipinski definition) is 2. The van der Waals surface area contributed by atoms with Gasteiger partial charge in [-0.2, -0.15) is 0 Å². The minimum absolute atomic E-state index is 0.510. The molecule has 2 N–H and O–H groups in total. The smallest absolute Gasteiger partial charge is 0.134 e. The van der Waals surface area contributed by atoms with Crippen molar-refractivity contribution in [2.75, 3.05) is 56.5 Å². The Bertz CT molecular complexity index is 417. The second kappa shape index (κ2) is 5.71. The van der Waals surface area contributed by atoms with Crippen LogP contribution in [0.15, 0.2) is 12.4 Å². The van der Waals surface area contributed by atoms with Crippen LogP contribution >= 0.6 is 0 Å². The van der Waals surface area contributed by atoms with Crippen LogP contribution in [0.5, 0.6) is 0 Å². The Labute approximate surface area is 114 Å². The highest BCUT2D eigenvalue weighted by Gasteiger charge is 2.20. The van der Waals surface area contributed by atoms with E-state index in [-0.39, 0.29) is 0 Å².